The van der Waals surface area contributed by atoms with Crippen LogP contribution >= 0.6 is 11.6 Å². The summed E-state index contributed by atoms with van der Waals surface area (Å²) < 4.78 is 6.89. The predicted octanol–water partition coefficient (Wildman–Crippen LogP) is 4.99. The first-order chi connectivity index (χ1) is 16.8. The van der Waals surface area contributed by atoms with Crippen LogP contribution in [0.3, 0.4) is 0 Å². The van der Waals surface area contributed by atoms with Gasteiger partial charge in [-0.05, 0) is 55.8 Å². The molecule has 0 radical (unpaired) electrons. The zero-order valence-corrected chi connectivity index (χ0v) is 19.9. The molecular formula is C25H21ClN6O3. The number of hydrogen-bond donors (Lipinski definition) is 3. The monoisotopic (exact) mass is 488 g/mol. The summed E-state index contributed by atoms with van der Waals surface area (Å²) in [6.07, 6.45) is 3.24. The second kappa shape index (κ2) is 8.77. The fraction of sp³-hybridized carbons (Fsp3) is 0.120. The van der Waals surface area contributed by atoms with Crippen LogP contribution in [0.1, 0.15) is 32.2 Å². The van der Waals surface area contributed by atoms with E-state index in [9.17, 15) is 9.59 Å². The van der Waals surface area contributed by atoms with Crippen molar-refractivity contribution >= 4 is 51.5 Å². The minimum atomic E-state index is -0.332. The molecule has 5 rings (SSSR count). The largest absolute Gasteiger partial charge is 0.497 e. The number of ether oxygens (including phenoxy) is 1. The third-order valence-corrected chi connectivity index (χ3v) is 5.82. The standard InChI is InChI=1S/C25H21ClN6O3/c1-13-8-16(30-24(33)18-9-15(26)10-20-23(18)29-14(2)28-20)4-5-19(13)31-25(34)21-12-27-22-11-17(35-3)6-7-32(21)22/h4-12H,1-3H3,(H,28,29)(H,30,33)(H,31,34). The number of anilines is 2. The number of hydrogen-bond acceptors (Lipinski definition) is 5. The summed E-state index contributed by atoms with van der Waals surface area (Å²) in [4.78, 5) is 37.7. The zero-order valence-electron chi connectivity index (χ0n) is 19.1. The maximum atomic E-state index is 13.0. The molecule has 35 heavy (non-hydrogen) atoms. The van der Waals surface area contributed by atoms with Gasteiger partial charge in [-0.3, -0.25) is 14.0 Å². The van der Waals surface area contributed by atoms with Gasteiger partial charge in [-0.15, -0.1) is 0 Å². The molecule has 3 N–H and O–H groups in total. The van der Waals surface area contributed by atoms with Crippen molar-refractivity contribution in [2.75, 3.05) is 17.7 Å². The molecule has 9 nitrogen and oxygen atoms in total. The van der Waals surface area contributed by atoms with Crippen LogP contribution in [-0.2, 0) is 0 Å². The van der Waals surface area contributed by atoms with E-state index in [1.54, 1.807) is 60.2 Å². The summed E-state index contributed by atoms with van der Waals surface area (Å²) in [7, 11) is 1.57. The van der Waals surface area contributed by atoms with Gasteiger partial charge >= 0.3 is 0 Å². The number of methoxy groups -OCH3 is 1. The van der Waals surface area contributed by atoms with Gasteiger partial charge in [-0.1, -0.05) is 11.6 Å². The lowest BCUT2D eigenvalue weighted by Crippen LogP contribution is -2.16. The number of H-pyrrole nitrogens is 1. The Morgan fingerprint density at radius 1 is 1.06 bits per heavy atom. The molecule has 0 spiro atoms. The van der Waals surface area contributed by atoms with E-state index in [4.69, 9.17) is 16.3 Å². The Balaban J connectivity index is 1.35. The molecule has 2 aromatic carbocycles. The van der Waals surface area contributed by atoms with E-state index in [1.165, 1.54) is 6.20 Å². The highest BCUT2D eigenvalue weighted by Gasteiger charge is 2.17. The van der Waals surface area contributed by atoms with Crippen LogP contribution in [0.2, 0.25) is 5.02 Å². The van der Waals surface area contributed by atoms with Gasteiger partial charge in [0.05, 0.1) is 24.4 Å². The minimum Gasteiger partial charge on any atom is -0.497 e. The molecule has 10 heteroatoms. The molecule has 0 atom stereocenters. The van der Waals surface area contributed by atoms with Gasteiger partial charge in [0.25, 0.3) is 11.8 Å². The second-order valence-corrected chi connectivity index (χ2v) is 8.48. The van der Waals surface area contributed by atoms with Gasteiger partial charge in [-0.25, -0.2) is 9.97 Å². The topological polar surface area (TPSA) is 113 Å². The Hall–Kier alpha value is -4.37. The predicted molar refractivity (Wildman–Crippen MR) is 135 cm³/mol. The Bertz CT molecular complexity index is 1620. The summed E-state index contributed by atoms with van der Waals surface area (Å²) in [6.45, 7) is 3.66. The van der Waals surface area contributed by atoms with E-state index in [2.05, 4.69) is 25.6 Å². The molecule has 0 aliphatic carbocycles. The molecule has 0 fully saturated rings. The Kier molecular flexibility index (Phi) is 5.62. The van der Waals surface area contributed by atoms with E-state index in [0.29, 0.717) is 55.9 Å². The number of amides is 2. The number of imidazole rings is 2. The normalized spacial score (nSPS) is 11.1. The number of halogens is 1. The van der Waals surface area contributed by atoms with Crippen LogP contribution in [0.15, 0.2) is 54.9 Å². The van der Waals surface area contributed by atoms with Gasteiger partial charge in [0, 0.05) is 28.7 Å². The van der Waals surface area contributed by atoms with Crippen molar-refractivity contribution in [3.63, 3.8) is 0 Å². The first-order valence-corrected chi connectivity index (χ1v) is 11.1. The van der Waals surface area contributed by atoms with Crippen molar-refractivity contribution in [3.8, 4) is 5.75 Å². The minimum absolute atomic E-state index is 0.308. The van der Waals surface area contributed by atoms with E-state index in [0.717, 1.165) is 5.56 Å². The van der Waals surface area contributed by atoms with Crippen molar-refractivity contribution in [1.29, 1.82) is 0 Å². The molecule has 0 saturated heterocycles. The molecule has 3 heterocycles. The average molecular weight is 489 g/mol. The molecule has 5 aromatic rings. The highest BCUT2D eigenvalue weighted by atomic mass is 35.5. The van der Waals surface area contributed by atoms with E-state index < -0.39 is 0 Å². The SMILES string of the molecule is COc1ccn2c(C(=O)Nc3ccc(NC(=O)c4cc(Cl)cc5[nH]c(C)nc45)cc3C)cnc2c1. The lowest BCUT2D eigenvalue weighted by molar-refractivity contribution is 0.101. The maximum absolute atomic E-state index is 13.0. The Morgan fingerprint density at radius 2 is 1.89 bits per heavy atom. The number of benzene rings is 2. The summed E-state index contributed by atoms with van der Waals surface area (Å²) in [5.41, 5.74) is 4.58. The van der Waals surface area contributed by atoms with E-state index in [1.807, 2.05) is 13.8 Å². The summed E-state index contributed by atoms with van der Waals surface area (Å²) in [5, 5.41) is 6.22. The highest BCUT2D eigenvalue weighted by molar-refractivity contribution is 6.32. The first-order valence-electron chi connectivity index (χ1n) is 10.7. The highest BCUT2D eigenvalue weighted by Crippen LogP contribution is 2.25. The van der Waals surface area contributed by atoms with Crippen LogP contribution in [0, 0.1) is 13.8 Å². The van der Waals surface area contributed by atoms with Gasteiger partial charge in [0.1, 0.15) is 28.4 Å². The third-order valence-electron chi connectivity index (χ3n) is 5.60. The lowest BCUT2D eigenvalue weighted by atomic mass is 10.1. The number of fused-ring (bicyclic) bond motifs is 2. The number of aryl methyl sites for hydroxylation is 2. The number of pyridine rings is 1. The fourth-order valence-electron chi connectivity index (χ4n) is 3.90. The molecule has 0 aliphatic rings. The fourth-order valence-corrected chi connectivity index (χ4v) is 4.12. The molecule has 0 unspecified atom stereocenters. The van der Waals surface area contributed by atoms with Crippen molar-refractivity contribution in [2.45, 2.75) is 13.8 Å². The van der Waals surface area contributed by atoms with Crippen LogP contribution in [-0.4, -0.2) is 38.3 Å². The smallest absolute Gasteiger partial charge is 0.274 e. The van der Waals surface area contributed by atoms with Gasteiger partial charge in [-0.2, -0.15) is 0 Å². The van der Waals surface area contributed by atoms with Gasteiger partial charge < -0.3 is 20.4 Å². The summed E-state index contributed by atoms with van der Waals surface area (Å²) in [5.74, 6) is 0.709. The second-order valence-electron chi connectivity index (χ2n) is 8.05. The Labute approximate surface area is 205 Å². The van der Waals surface area contributed by atoms with Crippen molar-refractivity contribution in [3.05, 3.63) is 82.5 Å². The summed E-state index contributed by atoms with van der Waals surface area (Å²) in [6, 6.07) is 12.1. The molecule has 3 aromatic heterocycles. The van der Waals surface area contributed by atoms with Crippen molar-refractivity contribution in [2.24, 2.45) is 0 Å². The van der Waals surface area contributed by atoms with Crippen LogP contribution in [0.25, 0.3) is 16.7 Å². The molecule has 0 bridgehead atoms. The van der Waals surface area contributed by atoms with E-state index >= 15 is 0 Å². The molecule has 176 valence electrons. The van der Waals surface area contributed by atoms with Crippen LogP contribution < -0.4 is 15.4 Å². The van der Waals surface area contributed by atoms with Crippen molar-refractivity contribution in [1.82, 2.24) is 19.4 Å². The molecule has 2 amide bonds. The summed E-state index contributed by atoms with van der Waals surface area (Å²) >= 11 is 6.19. The zero-order chi connectivity index (χ0) is 24.7. The first kappa shape index (κ1) is 22.4. The average Bonchev–Trinajstić information content (AvgIpc) is 3.42. The molecule has 0 aliphatic heterocycles. The quantitative estimate of drug-likeness (QED) is 0.322. The van der Waals surface area contributed by atoms with E-state index in [-0.39, 0.29) is 11.8 Å². The van der Waals surface area contributed by atoms with Crippen molar-refractivity contribution < 1.29 is 14.3 Å². The van der Waals surface area contributed by atoms with Crippen LogP contribution in [0.4, 0.5) is 11.4 Å². The number of aromatic nitrogens is 4. The number of aromatic amines is 1. The van der Waals surface area contributed by atoms with Crippen LogP contribution in [0.5, 0.6) is 5.75 Å². The number of nitrogens with zero attached hydrogens (tertiary/aromatic N) is 3. The molecular weight excluding hydrogens is 468 g/mol. The number of carbonyl (C=O) groups excluding carboxylic acids is 2. The maximum Gasteiger partial charge on any atom is 0.274 e. The van der Waals surface area contributed by atoms with Gasteiger partial charge in [0.2, 0.25) is 0 Å². The number of rotatable bonds is 5. The lowest BCUT2D eigenvalue weighted by Gasteiger charge is -2.12. The number of nitrogens with one attached hydrogen (secondary N) is 3. The third kappa shape index (κ3) is 4.29. The number of carbonyl (C=O) groups is 2. The van der Waals surface area contributed by atoms with Gasteiger partial charge in [0.15, 0.2) is 0 Å². The Morgan fingerprint density at radius 3 is 2.66 bits per heavy atom. The molecule has 0 saturated carbocycles.